The number of aryl methyl sites for hydroxylation is 1. The van der Waals surface area contributed by atoms with Crippen LogP contribution in [0.1, 0.15) is 24.5 Å². The van der Waals surface area contributed by atoms with Gasteiger partial charge in [-0.3, -0.25) is 0 Å². The van der Waals surface area contributed by atoms with Gasteiger partial charge in [0, 0.05) is 6.61 Å². The highest BCUT2D eigenvalue weighted by Crippen LogP contribution is 2.19. The van der Waals surface area contributed by atoms with Gasteiger partial charge in [0.15, 0.2) is 0 Å². The van der Waals surface area contributed by atoms with E-state index in [4.69, 9.17) is 10.00 Å². The molecule has 0 amide bonds. The standard InChI is InChI=1S/C13H16N2O3S/c1-9-7-12(4-3-11(9)8-14)19(16,17)15-13-5-6-18-10(13)2/h3-4,7,10,13,15H,5-6H2,1-2H3. The normalized spacial score (nSPS) is 23.2. The van der Waals surface area contributed by atoms with Gasteiger partial charge in [-0.25, -0.2) is 13.1 Å². The van der Waals surface area contributed by atoms with E-state index in [0.717, 1.165) is 0 Å². The van der Waals surface area contributed by atoms with Crippen LogP contribution in [0.4, 0.5) is 0 Å². The Kier molecular flexibility index (Phi) is 3.90. The van der Waals surface area contributed by atoms with Gasteiger partial charge in [0.25, 0.3) is 0 Å². The first-order valence-electron chi connectivity index (χ1n) is 6.09. The van der Waals surface area contributed by atoms with E-state index < -0.39 is 10.0 Å². The molecule has 0 aliphatic carbocycles. The van der Waals surface area contributed by atoms with Crippen LogP contribution < -0.4 is 4.72 Å². The fourth-order valence-electron chi connectivity index (χ4n) is 2.08. The van der Waals surface area contributed by atoms with Gasteiger partial charge in [-0.1, -0.05) is 0 Å². The van der Waals surface area contributed by atoms with Crippen molar-refractivity contribution in [3.8, 4) is 6.07 Å². The second kappa shape index (κ2) is 5.29. The minimum absolute atomic E-state index is 0.116. The van der Waals surface area contributed by atoms with Crippen LogP contribution in [0, 0.1) is 18.3 Å². The minimum Gasteiger partial charge on any atom is -0.377 e. The van der Waals surface area contributed by atoms with Crippen LogP contribution in [-0.2, 0) is 14.8 Å². The molecule has 1 aliphatic rings. The molecule has 102 valence electrons. The number of nitrogens with zero attached hydrogens (tertiary/aromatic N) is 1. The van der Waals surface area contributed by atoms with Crippen LogP contribution in [0.15, 0.2) is 23.1 Å². The lowest BCUT2D eigenvalue weighted by molar-refractivity contribution is 0.117. The van der Waals surface area contributed by atoms with Crippen LogP contribution in [0.2, 0.25) is 0 Å². The summed E-state index contributed by atoms with van der Waals surface area (Å²) in [6.45, 7) is 4.14. The maximum Gasteiger partial charge on any atom is 0.240 e. The lowest BCUT2D eigenvalue weighted by Gasteiger charge is -2.16. The summed E-state index contributed by atoms with van der Waals surface area (Å²) in [7, 11) is -3.56. The Labute approximate surface area is 113 Å². The van der Waals surface area contributed by atoms with Gasteiger partial charge in [0.1, 0.15) is 0 Å². The highest BCUT2D eigenvalue weighted by molar-refractivity contribution is 7.89. The topological polar surface area (TPSA) is 79.2 Å². The quantitative estimate of drug-likeness (QED) is 0.905. The summed E-state index contributed by atoms with van der Waals surface area (Å²) in [5.41, 5.74) is 1.14. The van der Waals surface area contributed by atoms with E-state index in [1.807, 2.05) is 13.0 Å². The van der Waals surface area contributed by atoms with Crippen molar-refractivity contribution in [3.05, 3.63) is 29.3 Å². The molecular formula is C13H16N2O3S. The summed E-state index contributed by atoms with van der Waals surface area (Å²) in [6, 6.07) is 6.32. The van der Waals surface area contributed by atoms with E-state index in [2.05, 4.69) is 4.72 Å². The maximum absolute atomic E-state index is 12.2. The van der Waals surface area contributed by atoms with Crippen LogP contribution >= 0.6 is 0 Å². The second-order valence-corrected chi connectivity index (χ2v) is 6.39. The van der Waals surface area contributed by atoms with Crippen molar-refractivity contribution in [1.29, 1.82) is 5.26 Å². The molecule has 1 heterocycles. The predicted molar refractivity (Wildman–Crippen MR) is 70.0 cm³/mol. The van der Waals surface area contributed by atoms with Crippen molar-refractivity contribution in [2.75, 3.05) is 6.61 Å². The predicted octanol–water partition coefficient (Wildman–Crippen LogP) is 1.32. The van der Waals surface area contributed by atoms with E-state index in [-0.39, 0.29) is 17.0 Å². The van der Waals surface area contributed by atoms with E-state index in [1.54, 1.807) is 6.92 Å². The van der Waals surface area contributed by atoms with Gasteiger partial charge in [-0.2, -0.15) is 5.26 Å². The monoisotopic (exact) mass is 280 g/mol. The van der Waals surface area contributed by atoms with Gasteiger partial charge >= 0.3 is 0 Å². The van der Waals surface area contributed by atoms with Gasteiger partial charge in [-0.05, 0) is 44.0 Å². The molecule has 1 fully saturated rings. The molecular weight excluding hydrogens is 264 g/mol. The Morgan fingerprint density at radius 2 is 2.21 bits per heavy atom. The van der Waals surface area contributed by atoms with Crippen molar-refractivity contribution in [2.45, 2.75) is 37.3 Å². The van der Waals surface area contributed by atoms with Crippen molar-refractivity contribution < 1.29 is 13.2 Å². The number of rotatable bonds is 3. The van der Waals surface area contributed by atoms with Crippen LogP contribution in [0.3, 0.4) is 0 Å². The molecule has 0 bridgehead atoms. The van der Waals surface area contributed by atoms with Crippen molar-refractivity contribution in [2.24, 2.45) is 0 Å². The fourth-order valence-corrected chi connectivity index (χ4v) is 3.51. The highest BCUT2D eigenvalue weighted by atomic mass is 32.2. The molecule has 2 unspecified atom stereocenters. The third-order valence-electron chi connectivity index (χ3n) is 3.31. The number of benzene rings is 1. The van der Waals surface area contributed by atoms with E-state index >= 15 is 0 Å². The summed E-state index contributed by atoms with van der Waals surface area (Å²) in [5, 5.41) is 8.85. The minimum atomic E-state index is -3.56. The molecule has 6 heteroatoms. The molecule has 1 saturated heterocycles. The summed E-state index contributed by atoms with van der Waals surface area (Å²) in [4.78, 5) is 0.183. The van der Waals surface area contributed by atoms with Crippen molar-refractivity contribution >= 4 is 10.0 Å². The first-order chi connectivity index (χ1) is 8.94. The van der Waals surface area contributed by atoms with Gasteiger partial charge in [0.2, 0.25) is 10.0 Å². The number of sulfonamides is 1. The maximum atomic E-state index is 12.2. The molecule has 1 aromatic carbocycles. The Hall–Kier alpha value is -1.42. The van der Waals surface area contributed by atoms with Crippen molar-refractivity contribution in [3.63, 3.8) is 0 Å². The number of hydrogen-bond donors (Lipinski definition) is 1. The fraction of sp³-hybridized carbons (Fsp3) is 0.462. The molecule has 0 saturated carbocycles. The average Bonchev–Trinajstić information content (AvgIpc) is 2.74. The molecule has 1 aromatic rings. The Morgan fingerprint density at radius 1 is 1.47 bits per heavy atom. The Balaban J connectivity index is 2.25. The zero-order valence-corrected chi connectivity index (χ0v) is 11.7. The summed E-state index contributed by atoms with van der Waals surface area (Å²) in [5.74, 6) is 0. The number of ether oxygens (including phenoxy) is 1. The highest BCUT2D eigenvalue weighted by Gasteiger charge is 2.29. The zero-order chi connectivity index (χ0) is 14.0. The lowest BCUT2D eigenvalue weighted by Crippen LogP contribution is -2.39. The first-order valence-corrected chi connectivity index (χ1v) is 7.57. The molecule has 5 nitrogen and oxygen atoms in total. The van der Waals surface area contributed by atoms with Gasteiger partial charge in [0.05, 0.1) is 28.7 Å². The molecule has 1 N–H and O–H groups in total. The summed E-state index contributed by atoms with van der Waals surface area (Å²) >= 11 is 0. The van der Waals surface area contributed by atoms with E-state index in [9.17, 15) is 8.42 Å². The average molecular weight is 280 g/mol. The number of nitrogens with one attached hydrogen (secondary N) is 1. The molecule has 0 radical (unpaired) electrons. The van der Waals surface area contributed by atoms with Crippen LogP contribution in [0.5, 0.6) is 0 Å². The zero-order valence-electron chi connectivity index (χ0n) is 10.9. The molecule has 19 heavy (non-hydrogen) atoms. The largest absolute Gasteiger partial charge is 0.377 e. The third-order valence-corrected chi connectivity index (χ3v) is 4.80. The third kappa shape index (κ3) is 2.95. The van der Waals surface area contributed by atoms with Crippen LogP contribution in [0.25, 0.3) is 0 Å². The van der Waals surface area contributed by atoms with Gasteiger partial charge < -0.3 is 4.74 Å². The molecule has 2 atom stereocenters. The Morgan fingerprint density at radius 3 is 2.74 bits per heavy atom. The smallest absolute Gasteiger partial charge is 0.240 e. The van der Waals surface area contributed by atoms with E-state index in [0.29, 0.717) is 24.2 Å². The molecule has 1 aliphatic heterocycles. The summed E-state index contributed by atoms with van der Waals surface area (Å²) < 4.78 is 32.5. The molecule has 2 rings (SSSR count). The Bertz CT molecular complexity index is 619. The van der Waals surface area contributed by atoms with E-state index in [1.165, 1.54) is 18.2 Å². The first kappa shape index (κ1) is 14.0. The molecule has 0 spiro atoms. The SMILES string of the molecule is Cc1cc(S(=O)(=O)NC2CCOC2C)ccc1C#N. The number of hydrogen-bond acceptors (Lipinski definition) is 4. The lowest BCUT2D eigenvalue weighted by atomic mass is 10.1. The van der Waals surface area contributed by atoms with Gasteiger partial charge in [-0.15, -0.1) is 0 Å². The second-order valence-electron chi connectivity index (χ2n) is 4.68. The van der Waals surface area contributed by atoms with Crippen LogP contribution in [-0.4, -0.2) is 27.2 Å². The summed E-state index contributed by atoms with van der Waals surface area (Å²) in [6.07, 6.45) is 0.560. The number of nitriles is 1. The molecule has 0 aromatic heterocycles. The van der Waals surface area contributed by atoms with Crippen molar-refractivity contribution in [1.82, 2.24) is 4.72 Å².